The minimum Gasteiger partial charge on any atom is -0.545 e. The number of rotatable bonds is 6. The summed E-state index contributed by atoms with van der Waals surface area (Å²) in [7, 11) is 1.51. The average molecular weight is 314 g/mol. The summed E-state index contributed by atoms with van der Waals surface area (Å²) in [5.74, 6) is -0.752. The van der Waals surface area contributed by atoms with Gasteiger partial charge in [0.2, 0.25) is 0 Å². The Kier molecular flexibility index (Phi) is 5.19. The predicted octanol–water partition coefficient (Wildman–Crippen LogP) is 1.46. The molecule has 6 nitrogen and oxygen atoms in total. The van der Waals surface area contributed by atoms with Crippen molar-refractivity contribution in [2.45, 2.75) is 13.0 Å². The van der Waals surface area contributed by atoms with E-state index in [1.54, 1.807) is 37.3 Å². The molecule has 0 fully saturated rings. The van der Waals surface area contributed by atoms with Crippen molar-refractivity contribution in [3.63, 3.8) is 0 Å². The molecule has 120 valence electrons. The first kappa shape index (κ1) is 16.4. The van der Waals surface area contributed by atoms with Crippen LogP contribution in [0.25, 0.3) is 0 Å². The molecule has 0 saturated carbocycles. The van der Waals surface area contributed by atoms with Crippen molar-refractivity contribution in [3.8, 4) is 11.5 Å². The monoisotopic (exact) mass is 314 g/mol. The number of para-hydroxylation sites is 2. The molecule has 23 heavy (non-hydrogen) atoms. The lowest BCUT2D eigenvalue weighted by Gasteiger charge is -2.17. The zero-order valence-electron chi connectivity index (χ0n) is 12.7. The van der Waals surface area contributed by atoms with Gasteiger partial charge in [-0.1, -0.05) is 24.3 Å². The number of anilines is 1. The number of carboxylic acids is 1. The fraction of sp³-hybridized carbons (Fsp3) is 0.176. The summed E-state index contributed by atoms with van der Waals surface area (Å²) in [5.41, 5.74) is 0.341. The highest BCUT2D eigenvalue weighted by Crippen LogP contribution is 2.27. The third-order valence-electron chi connectivity index (χ3n) is 3.11. The SMILES string of the molecule is COc1ccccc1O[C@H](C)C(=O)Nc1cccc(C(=O)[O-])c1. The van der Waals surface area contributed by atoms with Crippen LogP contribution in [0.2, 0.25) is 0 Å². The number of carbonyl (C=O) groups excluding carboxylic acids is 2. The van der Waals surface area contributed by atoms with Gasteiger partial charge in [0.15, 0.2) is 17.6 Å². The highest BCUT2D eigenvalue weighted by molar-refractivity contribution is 5.95. The molecule has 0 saturated heterocycles. The van der Waals surface area contributed by atoms with E-state index in [0.29, 0.717) is 17.2 Å². The van der Waals surface area contributed by atoms with Crippen molar-refractivity contribution in [1.29, 1.82) is 0 Å². The quantitative estimate of drug-likeness (QED) is 0.872. The summed E-state index contributed by atoms with van der Waals surface area (Å²) < 4.78 is 10.7. The lowest BCUT2D eigenvalue weighted by molar-refractivity contribution is -0.255. The smallest absolute Gasteiger partial charge is 0.265 e. The van der Waals surface area contributed by atoms with E-state index in [1.165, 1.54) is 25.3 Å². The van der Waals surface area contributed by atoms with E-state index >= 15 is 0 Å². The molecular weight excluding hydrogens is 298 g/mol. The number of hydrogen-bond acceptors (Lipinski definition) is 5. The summed E-state index contributed by atoms with van der Waals surface area (Å²) in [6, 6.07) is 12.8. The Morgan fingerprint density at radius 2 is 1.78 bits per heavy atom. The predicted molar refractivity (Wildman–Crippen MR) is 82.5 cm³/mol. The number of ether oxygens (including phenoxy) is 2. The minimum atomic E-state index is -1.31. The molecule has 2 aromatic carbocycles. The minimum absolute atomic E-state index is 0.0129. The first-order chi connectivity index (χ1) is 11.0. The van der Waals surface area contributed by atoms with Gasteiger partial charge in [0, 0.05) is 5.69 Å². The number of amides is 1. The molecule has 0 aliphatic carbocycles. The molecule has 2 aromatic rings. The maximum atomic E-state index is 12.2. The molecule has 0 aliphatic heterocycles. The second-order valence-corrected chi connectivity index (χ2v) is 4.77. The largest absolute Gasteiger partial charge is 0.545 e. The molecular formula is C17H16NO5-. The second kappa shape index (κ2) is 7.31. The molecule has 1 N–H and O–H groups in total. The summed E-state index contributed by atoms with van der Waals surface area (Å²) >= 11 is 0. The molecule has 1 atom stereocenters. The molecule has 0 radical (unpaired) electrons. The number of hydrogen-bond donors (Lipinski definition) is 1. The van der Waals surface area contributed by atoms with Gasteiger partial charge in [0.05, 0.1) is 13.1 Å². The number of carboxylic acid groups (broad SMARTS) is 1. The van der Waals surface area contributed by atoms with E-state index in [0.717, 1.165) is 0 Å². The molecule has 2 rings (SSSR count). The van der Waals surface area contributed by atoms with Crippen LogP contribution in [0.5, 0.6) is 11.5 Å². The fourth-order valence-corrected chi connectivity index (χ4v) is 1.93. The lowest BCUT2D eigenvalue weighted by Crippen LogP contribution is -2.30. The van der Waals surface area contributed by atoms with Gasteiger partial charge in [-0.2, -0.15) is 0 Å². The Morgan fingerprint density at radius 3 is 2.43 bits per heavy atom. The fourth-order valence-electron chi connectivity index (χ4n) is 1.93. The maximum absolute atomic E-state index is 12.2. The summed E-state index contributed by atoms with van der Waals surface area (Å²) in [4.78, 5) is 23.0. The number of aromatic carboxylic acids is 1. The topological polar surface area (TPSA) is 87.7 Å². The third-order valence-corrected chi connectivity index (χ3v) is 3.11. The number of benzene rings is 2. The number of nitrogens with one attached hydrogen (secondary N) is 1. The van der Waals surface area contributed by atoms with Gasteiger partial charge in [-0.3, -0.25) is 4.79 Å². The van der Waals surface area contributed by atoms with Crippen LogP contribution in [0, 0.1) is 0 Å². The van der Waals surface area contributed by atoms with Crippen molar-refractivity contribution < 1.29 is 24.2 Å². The second-order valence-electron chi connectivity index (χ2n) is 4.77. The van der Waals surface area contributed by atoms with Crippen LogP contribution in [0.3, 0.4) is 0 Å². The molecule has 1 amide bonds. The summed E-state index contributed by atoms with van der Waals surface area (Å²) in [6.45, 7) is 1.59. The molecule has 0 spiro atoms. The highest BCUT2D eigenvalue weighted by Gasteiger charge is 2.17. The Bertz CT molecular complexity index is 714. The van der Waals surface area contributed by atoms with E-state index in [4.69, 9.17) is 9.47 Å². The van der Waals surface area contributed by atoms with Crippen LogP contribution in [-0.2, 0) is 4.79 Å². The Hall–Kier alpha value is -3.02. The van der Waals surface area contributed by atoms with E-state index in [1.807, 2.05) is 0 Å². The van der Waals surface area contributed by atoms with Crippen molar-refractivity contribution in [2.75, 3.05) is 12.4 Å². The molecule has 6 heteroatoms. The van der Waals surface area contributed by atoms with Crippen molar-refractivity contribution in [3.05, 3.63) is 54.1 Å². The van der Waals surface area contributed by atoms with Crippen molar-refractivity contribution >= 4 is 17.6 Å². The molecule has 0 unspecified atom stereocenters. The van der Waals surface area contributed by atoms with Crippen LogP contribution in [0.15, 0.2) is 48.5 Å². The Labute approximate surface area is 133 Å². The van der Waals surface area contributed by atoms with Gasteiger partial charge < -0.3 is 24.7 Å². The Balaban J connectivity index is 2.05. The first-order valence-electron chi connectivity index (χ1n) is 6.93. The summed E-state index contributed by atoms with van der Waals surface area (Å²) in [6.07, 6.45) is -0.794. The Morgan fingerprint density at radius 1 is 1.09 bits per heavy atom. The van der Waals surface area contributed by atoms with Gasteiger partial charge in [-0.05, 0) is 36.8 Å². The van der Waals surface area contributed by atoms with E-state index in [9.17, 15) is 14.7 Å². The maximum Gasteiger partial charge on any atom is 0.265 e. The van der Waals surface area contributed by atoms with E-state index in [2.05, 4.69) is 5.32 Å². The van der Waals surface area contributed by atoms with Crippen LogP contribution >= 0.6 is 0 Å². The zero-order chi connectivity index (χ0) is 16.8. The van der Waals surface area contributed by atoms with E-state index < -0.39 is 18.0 Å². The molecule has 0 aromatic heterocycles. The van der Waals surface area contributed by atoms with Gasteiger partial charge in [0.1, 0.15) is 0 Å². The van der Waals surface area contributed by atoms with Gasteiger partial charge in [-0.25, -0.2) is 0 Å². The average Bonchev–Trinajstić information content (AvgIpc) is 2.55. The summed E-state index contributed by atoms with van der Waals surface area (Å²) in [5, 5.41) is 13.4. The lowest BCUT2D eigenvalue weighted by atomic mass is 10.2. The van der Waals surface area contributed by atoms with Gasteiger partial charge >= 0.3 is 0 Å². The van der Waals surface area contributed by atoms with Crippen LogP contribution in [0.1, 0.15) is 17.3 Å². The molecule has 0 aliphatic rings. The number of methoxy groups -OCH3 is 1. The van der Waals surface area contributed by atoms with Crippen LogP contribution in [-0.4, -0.2) is 25.1 Å². The van der Waals surface area contributed by atoms with Crippen molar-refractivity contribution in [2.24, 2.45) is 0 Å². The van der Waals surface area contributed by atoms with Crippen LogP contribution < -0.4 is 19.9 Å². The highest BCUT2D eigenvalue weighted by atomic mass is 16.5. The normalized spacial score (nSPS) is 11.4. The molecule has 0 bridgehead atoms. The zero-order valence-corrected chi connectivity index (χ0v) is 12.7. The van der Waals surface area contributed by atoms with Crippen LogP contribution in [0.4, 0.5) is 5.69 Å². The molecule has 0 heterocycles. The third kappa shape index (κ3) is 4.23. The van der Waals surface area contributed by atoms with Gasteiger partial charge in [0.25, 0.3) is 5.91 Å². The van der Waals surface area contributed by atoms with Crippen molar-refractivity contribution in [1.82, 2.24) is 0 Å². The van der Waals surface area contributed by atoms with E-state index in [-0.39, 0.29) is 5.56 Å². The standard InChI is InChI=1S/C17H17NO5/c1-11(23-15-9-4-3-8-14(15)22-2)16(19)18-13-7-5-6-12(10-13)17(20)21/h3-11H,1-2H3,(H,18,19)(H,20,21)/p-1/t11-/m1/s1. The first-order valence-corrected chi connectivity index (χ1v) is 6.93. The van der Waals surface area contributed by atoms with Gasteiger partial charge in [-0.15, -0.1) is 0 Å². The number of carbonyl (C=O) groups is 2.